The molecular weight excluding hydrogens is 221 g/mol. The molecule has 4 nitrogen and oxygen atoms in total. The third-order valence-electron chi connectivity index (χ3n) is 2.31. The number of hydrogen-bond donors (Lipinski definition) is 1. The van der Waals surface area contributed by atoms with Crippen LogP contribution < -0.4 is 10.5 Å². The van der Waals surface area contributed by atoms with Crippen molar-refractivity contribution in [3.05, 3.63) is 36.3 Å². The van der Waals surface area contributed by atoms with Crippen LogP contribution in [0.15, 0.2) is 30.5 Å². The molecule has 0 spiro atoms. The van der Waals surface area contributed by atoms with Gasteiger partial charge in [-0.1, -0.05) is 6.07 Å². The van der Waals surface area contributed by atoms with Crippen LogP contribution in [0.3, 0.4) is 0 Å². The summed E-state index contributed by atoms with van der Waals surface area (Å²) in [5.41, 5.74) is 5.77. The summed E-state index contributed by atoms with van der Waals surface area (Å²) in [6.45, 7) is 3.94. The highest BCUT2D eigenvalue weighted by molar-refractivity contribution is 5.33. The van der Waals surface area contributed by atoms with Crippen LogP contribution in [0.25, 0.3) is 0 Å². The lowest BCUT2D eigenvalue weighted by Gasteiger charge is -2.13. The molecule has 0 radical (unpaired) electrons. The first-order valence-corrected chi connectivity index (χ1v) is 5.34. The van der Waals surface area contributed by atoms with Gasteiger partial charge in [-0.3, -0.25) is 4.57 Å². The molecule has 0 aliphatic carbocycles. The molecule has 1 heterocycles. The minimum atomic E-state index is -0.349. The van der Waals surface area contributed by atoms with E-state index >= 15 is 0 Å². The molecule has 2 rings (SSSR count). The van der Waals surface area contributed by atoms with Crippen molar-refractivity contribution in [1.82, 2.24) is 9.55 Å². The van der Waals surface area contributed by atoms with E-state index in [0.717, 1.165) is 0 Å². The van der Waals surface area contributed by atoms with Gasteiger partial charge in [0.25, 0.3) is 0 Å². The van der Waals surface area contributed by atoms with Gasteiger partial charge in [0.05, 0.1) is 6.20 Å². The molecule has 5 heteroatoms. The van der Waals surface area contributed by atoms with Gasteiger partial charge >= 0.3 is 6.01 Å². The first-order chi connectivity index (χ1) is 8.08. The van der Waals surface area contributed by atoms with Gasteiger partial charge < -0.3 is 10.5 Å². The summed E-state index contributed by atoms with van der Waals surface area (Å²) in [5.74, 6) is 0.571. The van der Waals surface area contributed by atoms with Gasteiger partial charge in [-0.15, -0.1) is 0 Å². The average molecular weight is 235 g/mol. The standard InChI is InChI=1S/C12H14FN3O/c1-8(2)16-11(14)7-15-12(16)17-10-5-3-4-9(13)6-10/h3-8H,14H2,1-2H3. The summed E-state index contributed by atoms with van der Waals surface area (Å²) in [6, 6.07) is 6.39. The van der Waals surface area contributed by atoms with Crippen molar-refractivity contribution >= 4 is 5.82 Å². The van der Waals surface area contributed by atoms with E-state index in [1.165, 1.54) is 18.3 Å². The van der Waals surface area contributed by atoms with Crippen molar-refractivity contribution < 1.29 is 9.13 Å². The topological polar surface area (TPSA) is 53.1 Å². The van der Waals surface area contributed by atoms with Crippen LogP contribution >= 0.6 is 0 Å². The van der Waals surface area contributed by atoms with Gasteiger partial charge in [0.1, 0.15) is 17.4 Å². The predicted octanol–water partition coefficient (Wildman–Crippen LogP) is 2.98. The first kappa shape index (κ1) is 11.4. The Morgan fingerprint density at radius 3 is 2.82 bits per heavy atom. The van der Waals surface area contributed by atoms with Gasteiger partial charge in [-0.2, -0.15) is 0 Å². The van der Waals surface area contributed by atoms with Crippen LogP contribution in [0.5, 0.6) is 11.8 Å². The SMILES string of the molecule is CC(C)n1c(N)cnc1Oc1cccc(F)c1. The number of benzene rings is 1. The molecule has 0 saturated carbocycles. The lowest BCUT2D eigenvalue weighted by atomic mass is 10.3. The van der Waals surface area contributed by atoms with Crippen molar-refractivity contribution in [1.29, 1.82) is 0 Å². The van der Waals surface area contributed by atoms with Crippen molar-refractivity contribution in [3.63, 3.8) is 0 Å². The number of nitrogens with two attached hydrogens (primary N) is 1. The van der Waals surface area contributed by atoms with Gasteiger partial charge in [0.15, 0.2) is 0 Å². The molecule has 1 aromatic heterocycles. The van der Waals surface area contributed by atoms with Gasteiger partial charge in [0, 0.05) is 12.1 Å². The van der Waals surface area contributed by atoms with E-state index < -0.39 is 0 Å². The summed E-state index contributed by atoms with van der Waals surface area (Å²) in [7, 11) is 0. The molecular formula is C12H14FN3O. The fourth-order valence-corrected chi connectivity index (χ4v) is 1.59. The summed E-state index contributed by atoms with van der Waals surface area (Å²) in [4.78, 5) is 4.06. The van der Waals surface area contributed by atoms with Gasteiger partial charge in [0.2, 0.25) is 0 Å². The Morgan fingerprint density at radius 2 is 2.18 bits per heavy atom. The Kier molecular flexibility index (Phi) is 2.99. The van der Waals surface area contributed by atoms with Crippen LogP contribution in [0.2, 0.25) is 0 Å². The highest BCUT2D eigenvalue weighted by Crippen LogP contribution is 2.26. The van der Waals surface area contributed by atoms with E-state index in [1.54, 1.807) is 16.7 Å². The molecule has 2 N–H and O–H groups in total. The molecule has 0 unspecified atom stereocenters. The zero-order chi connectivity index (χ0) is 12.4. The third-order valence-corrected chi connectivity index (χ3v) is 2.31. The monoisotopic (exact) mass is 235 g/mol. The highest BCUT2D eigenvalue weighted by Gasteiger charge is 2.12. The Morgan fingerprint density at radius 1 is 1.41 bits per heavy atom. The maximum absolute atomic E-state index is 13.0. The van der Waals surface area contributed by atoms with Crippen molar-refractivity contribution in [2.24, 2.45) is 0 Å². The fraction of sp³-hybridized carbons (Fsp3) is 0.250. The maximum atomic E-state index is 13.0. The minimum absolute atomic E-state index is 0.126. The lowest BCUT2D eigenvalue weighted by molar-refractivity contribution is 0.396. The average Bonchev–Trinajstić information content (AvgIpc) is 2.59. The number of rotatable bonds is 3. The Labute approximate surface area is 98.8 Å². The highest BCUT2D eigenvalue weighted by atomic mass is 19.1. The van der Waals surface area contributed by atoms with Crippen LogP contribution in [0.1, 0.15) is 19.9 Å². The normalized spacial score (nSPS) is 10.8. The Hall–Kier alpha value is -2.04. The molecule has 0 aliphatic heterocycles. The van der Waals surface area contributed by atoms with Crippen LogP contribution in [-0.4, -0.2) is 9.55 Å². The lowest BCUT2D eigenvalue weighted by Crippen LogP contribution is -2.06. The largest absolute Gasteiger partial charge is 0.425 e. The van der Waals surface area contributed by atoms with Crippen LogP contribution in [-0.2, 0) is 0 Å². The van der Waals surface area contributed by atoms with E-state index in [1.807, 2.05) is 13.8 Å². The second-order valence-electron chi connectivity index (χ2n) is 3.99. The summed E-state index contributed by atoms with van der Waals surface area (Å²) in [6.07, 6.45) is 1.52. The van der Waals surface area contributed by atoms with Crippen LogP contribution in [0.4, 0.5) is 10.2 Å². The summed E-state index contributed by atoms with van der Waals surface area (Å²) >= 11 is 0. The van der Waals surface area contributed by atoms with E-state index in [2.05, 4.69) is 4.98 Å². The molecule has 0 amide bonds. The predicted molar refractivity (Wildman–Crippen MR) is 63.5 cm³/mol. The second kappa shape index (κ2) is 4.45. The number of nitrogens with zero attached hydrogens (tertiary/aromatic N) is 2. The number of hydrogen-bond acceptors (Lipinski definition) is 3. The molecule has 0 bridgehead atoms. The molecule has 2 aromatic rings. The third kappa shape index (κ3) is 2.38. The van der Waals surface area contributed by atoms with Crippen molar-refractivity contribution in [3.8, 4) is 11.8 Å². The maximum Gasteiger partial charge on any atom is 0.303 e. The molecule has 1 aromatic carbocycles. The fourth-order valence-electron chi connectivity index (χ4n) is 1.59. The summed E-state index contributed by atoms with van der Waals surface area (Å²) in [5, 5.41) is 0. The van der Waals surface area contributed by atoms with E-state index in [9.17, 15) is 4.39 Å². The van der Waals surface area contributed by atoms with Gasteiger partial charge in [-0.05, 0) is 26.0 Å². The quantitative estimate of drug-likeness (QED) is 0.889. The number of nitrogen functional groups attached to an aromatic ring is 1. The van der Waals surface area contributed by atoms with Crippen molar-refractivity contribution in [2.75, 3.05) is 5.73 Å². The molecule has 0 saturated heterocycles. The molecule has 0 aliphatic rings. The Bertz CT molecular complexity index is 522. The molecule has 90 valence electrons. The number of aromatic nitrogens is 2. The van der Waals surface area contributed by atoms with E-state index in [4.69, 9.17) is 10.5 Å². The number of imidazole rings is 1. The second-order valence-corrected chi connectivity index (χ2v) is 3.99. The molecule has 17 heavy (non-hydrogen) atoms. The van der Waals surface area contributed by atoms with E-state index in [0.29, 0.717) is 17.6 Å². The minimum Gasteiger partial charge on any atom is -0.425 e. The molecule has 0 fully saturated rings. The number of anilines is 1. The number of halogens is 1. The smallest absolute Gasteiger partial charge is 0.303 e. The van der Waals surface area contributed by atoms with Gasteiger partial charge in [-0.25, -0.2) is 9.37 Å². The van der Waals surface area contributed by atoms with E-state index in [-0.39, 0.29) is 11.9 Å². The van der Waals surface area contributed by atoms with Crippen molar-refractivity contribution in [2.45, 2.75) is 19.9 Å². The molecule has 0 atom stereocenters. The zero-order valence-corrected chi connectivity index (χ0v) is 9.72. The Balaban J connectivity index is 2.30. The van der Waals surface area contributed by atoms with Crippen LogP contribution in [0, 0.1) is 5.82 Å². The number of ether oxygens (including phenoxy) is 1. The summed E-state index contributed by atoms with van der Waals surface area (Å²) < 4.78 is 20.2. The first-order valence-electron chi connectivity index (χ1n) is 5.34. The zero-order valence-electron chi connectivity index (χ0n) is 9.72.